The Morgan fingerprint density at radius 3 is 2.00 bits per heavy atom. The first-order valence-electron chi connectivity index (χ1n) is 3.32. The lowest BCUT2D eigenvalue weighted by molar-refractivity contribution is -0.113. The largest absolute Gasteiger partial charge is 0.391 e. The summed E-state index contributed by atoms with van der Waals surface area (Å²) in [4.78, 5) is 10.1. The second kappa shape index (κ2) is 8.01. The van der Waals surface area contributed by atoms with Crippen molar-refractivity contribution in [1.82, 2.24) is 5.32 Å². The van der Waals surface area contributed by atoms with Gasteiger partial charge < -0.3 is 11.1 Å². The molecule has 0 aliphatic carbocycles. The Morgan fingerprint density at radius 1 is 1.50 bits per heavy atom. The van der Waals surface area contributed by atoms with Gasteiger partial charge in [0.25, 0.3) is 0 Å². The van der Waals surface area contributed by atoms with Gasteiger partial charge in [-0.05, 0) is 6.92 Å². The summed E-state index contributed by atoms with van der Waals surface area (Å²) in [6, 6.07) is 0. The number of hydrogen-bond donors (Lipinski definition) is 2. The van der Waals surface area contributed by atoms with Gasteiger partial charge in [0.1, 0.15) is 0 Å². The number of carbonyl (C=O) groups is 1. The molecule has 0 aliphatic heterocycles. The van der Waals surface area contributed by atoms with Crippen LogP contribution < -0.4 is 11.1 Å². The first kappa shape index (κ1) is 11.8. The van der Waals surface area contributed by atoms with Crippen LogP contribution in [0, 0.1) is 0 Å². The molecular weight excluding hydrogens is 128 g/mol. The molecule has 0 heterocycles. The number of nitrogens with one attached hydrogen (secondary N) is 1. The molecule has 0 radical (unpaired) electrons. The molecule has 3 nitrogen and oxygen atoms in total. The zero-order valence-corrected chi connectivity index (χ0v) is 7.06. The van der Waals surface area contributed by atoms with E-state index in [2.05, 4.69) is 5.32 Å². The van der Waals surface area contributed by atoms with E-state index in [0.29, 0.717) is 0 Å². The molecular formula is C7H16N2O. The van der Waals surface area contributed by atoms with Crippen molar-refractivity contribution in [2.24, 2.45) is 5.73 Å². The summed E-state index contributed by atoms with van der Waals surface area (Å²) in [5.74, 6) is -0.420. The summed E-state index contributed by atoms with van der Waals surface area (Å²) in [7, 11) is 1.73. The Hall–Kier alpha value is -0.990. The van der Waals surface area contributed by atoms with Gasteiger partial charge in [0, 0.05) is 18.8 Å². The Labute approximate surface area is 62.3 Å². The van der Waals surface area contributed by atoms with Gasteiger partial charge in [0.15, 0.2) is 0 Å². The van der Waals surface area contributed by atoms with Crippen LogP contribution in [0.5, 0.6) is 0 Å². The van der Waals surface area contributed by atoms with Crippen LogP contribution in [0.15, 0.2) is 11.8 Å². The topological polar surface area (TPSA) is 55.1 Å². The minimum Gasteiger partial charge on any atom is -0.391 e. The van der Waals surface area contributed by atoms with Gasteiger partial charge in [-0.3, -0.25) is 4.79 Å². The van der Waals surface area contributed by atoms with Crippen molar-refractivity contribution in [2.45, 2.75) is 20.8 Å². The first-order valence-corrected chi connectivity index (χ1v) is 3.32. The highest BCUT2D eigenvalue weighted by Crippen LogP contribution is 1.79. The lowest BCUT2D eigenvalue weighted by Gasteiger charge is -1.93. The molecule has 0 aliphatic rings. The molecule has 0 saturated heterocycles. The summed E-state index contributed by atoms with van der Waals surface area (Å²) in [6.45, 7) is 5.77. The van der Waals surface area contributed by atoms with Gasteiger partial charge in [0.2, 0.25) is 5.91 Å². The van der Waals surface area contributed by atoms with Crippen LogP contribution in [-0.2, 0) is 4.79 Å². The van der Waals surface area contributed by atoms with Crippen molar-refractivity contribution >= 4 is 5.91 Å². The number of rotatable bonds is 2. The van der Waals surface area contributed by atoms with Gasteiger partial charge in [0.05, 0.1) is 0 Å². The zero-order valence-electron chi connectivity index (χ0n) is 7.06. The van der Waals surface area contributed by atoms with Gasteiger partial charge in [-0.1, -0.05) is 13.8 Å². The number of nitrogens with two attached hydrogens (primary N) is 1. The van der Waals surface area contributed by atoms with Crippen LogP contribution in [0.2, 0.25) is 0 Å². The van der Waals surface area contributed by atoms with E-state index in [-0.39, 0.29) is 0 Å². The smallest absolute Gasteiger partial charge is 0.243 e. The van der Waals surface area contributed by atoms with Gasteiger partial charge >= 0.3 is 0 Å². The fourth-order valence-corrected chi connectivity index (χ4v) is 0.286. The highest BCUT2D eigenvalue weighted by Gasteiger charge is 1.84. The molecule has 0 unspecified atom stereocenters. The second-order valence-electron chi connectivity index (χ2n) is 1.48. The third-order valence-corrected chi connectivity index (χ3v) is 0.753. The molecule has 0 fully saturated rings. The molecule has 10 heavy (non-hydrogen) atoms. The summed E-state index contributed by atoms with van der Waals surface area (Å²) in [6.07, 6.45) is 1.33. The molecule has 0 aromatic carbocycles. The fraction of sp³-hybridized carbons (Fsp3) is 0.571. The molecule has 0 aromatic rings. The normalized spacial score (nSPS) is 9.40. The van der Waals surface area contributed by atoms with Crippen molar-refractivity contribution in [3.8, 4) is 0 Å². The molecule has 0 aromatic heterocycles. The number of carbonyl (C=O) groups excluding carboxylic acids is 1. The van der Waals surface area contributed by atoms with Gasteiger partial charge in [-0.25, -0.2) is 0 Å². The predicted octanol–water partition coefficient (Wildman–Crippen LogP) is 0.621. The van der Waals surface area contributed by atoms with E-state index < -0.39 is 5.91 Å². The SMILES string of the molecule is CC.CN/C(C)=C\C(N)=O. The van der Waals surface area contributed by atoms with Crippen LogP contribution in [0.1, 0.15) is 20.8 Å². The van der Waals surface area contributed by atoms with Crippen molar-refractivity contribution in [2.75, 3.05) is 7.05 Å². The van der Waals surface area contributed by atoms with Gasteiger partial charge in [-0.15, -0.1) is 0 Å². The van der Waals surface area contributed by atoms with Crippen molar-refractivity contribution in [3.05, 3.63) is 11.8 Å². The maximum absolute atomic E-state index is 10.1. The van der Waals surface area contributed by atoms with E-state index in [0.717, 1.165) is 5.70 Å². The second-order valence-corrected chi connectivity index (χ2v) is 1.48. The summed E-state index contributed by atoms with van der Waals surface area (Å²) >= 11 is 0. The first-order chi connectivity index (χ1) is 4.66. The summed E-state index contributed by atoms with van der Waals surface area (Å²) < 4.78 is 0. The van der Waals surface area contributed by atoms with E-state index in [4.69, 9.17) is 5.73 Å². The fourth-order valence-electron chi connectivity index (χ4n) is 0.286. The Morgan fingerprint density at radius 2 is 1.90 bits per heavy atom. The molecule has 3 N–H and O–H groups in total. The predicted molar refractivity (Wildman–Crippen MR) is 43.4 cm³/mol. The van der Waals surface area contributed by atoms with Crippen molar-refractivity contribution in [1.29, 1.82) is 0 Å². The molecule has 0 bridgehead atoms. The Balaban J connectivity index is 0. The molecule has 0 saturated carbocycles. The quantitative estimate of drug-likeness (QED) is 0.558. The average Bonchev–Trinajstić information content (AvgIpc) is 1.91. The van der Waals surface area contributed by atoms with E-state index in [9.17, 15) is 4.79 Å². The van der Waals surface area contributed by atoms with Crippen LogP contribution in [-0.4, -0.2) is 13.0 Å². The number of primary amides is 1. The molecule has 0 rings (SSSR count). The molecule has 0 atom stereocenters. The summed E-state index contributed by atoms with van der Waals surface area (Å²) in [5, 5.41) is 2.76. The van der Waals surface area contributed by atoms with E-state index in [1.807, 2.05) is 13.8 Å². The van der Waals surface area contributed by atoms with Crippen LogP contribution in [0.3, 0.4) is 0 Å². The molecule has 60 valence electrons. The number of amides is 1. The van der Waals surface area contributed by atoms with Crippen LogP contribution in [0.25, 0.3) is 0 Å². The molecule has 3 heteroatoms. The summed E-state index contributed by atoms with van der Waals surface area (Å²) in [5.41, 5.74) is 5.59. The Bertz CT molecular complexity index is 119. The monoisotopic (exact) mass is 144 g/mol. The highest BCUT2D eigenvalue weighted by molar-refractivity contribution is 5.86. The average molecular weight is 144 g/mol. The van der Waals surface area contributed by atoms with Crippen LogP contribution >= 0.6 is 0 Å². The maximum atomic E-state index is 10.1. The number of hydrogen-bond acceptors (Lipinski definition) is 2. The third kappa shape index (κ3) is 10.1. The standard InChI is InChI=1S/C5H10N2O.C2H6/c1-4(7-2)3-5(6)8;1-2/h3,7H,1-2H3,(H2,6,8);1-2H3/b4-3-;. The van der Waals surface area contributed by atoms with E-state index in [1.54, 1.807) is 14.0 Å². The van der Waals surface area contributed by atoms with E-state index in [1.165, 1.54) is 6.08 Å². The third-order valence-electron chi connectivity index (χ3n) is 0.753. The van der Waals surface area contributed by atoms with Crippen LogP contribution in [0.4, 0.5) is 0 Å². The highest BCUT2D eigenvalue weighted by atomic mass is 16.1. The minimum atomic E-state index is -0.420. The van der Waals surface area contributed by atoms with Crippen molar-refractivity contribution in [3.63, 3.8) is 0 Å². The lowest BCUT2D eigenvalue weighted by atomic mass is 10.4. The maximum Gasteiger partial charge on any atom is 0.243 e. The molecule has 0 spiro atoms. The number of allylic oxidation sites excluding steroid dienone is 1. The van der Waals surface area contributed by atoms with E-state index >= 15 is 0 Å². The lowest BCUT2D eigenvalue weighted by Crippen LogP contribution is -2.11. The van der Waals surface area contributed by atoms with Gasteiger partial charge in [-0.2, -0.15) is 0 Å². The minimum absolute atomic E-state index is 0.420. The molecule has 1 amide bonds. The van der Waals surface area contributed by atoms with Crippen molar-refractivity contribution < 1.29 is 4.79 Å². The zero-order chi connectivity index (χ0) is 8.57. The Kier molecular flexibility index (Phi) is 9.42.